The summed E-state index contributed by atoms with van der Waals surface area (Å²) in [5.74, 6) is -1.08. The zero-order valence-corrected chi connectivity index (χ0v) is 19.5. The Balaban J connectivity index is 1.49. The molecular weight excluding hydrogens is 450 g/mol. The minimum absolute atomic E-state index is 0.105. The Hall–Kier alpha value is -2.42. The Labute approximate surface area is 194 Å². The Morgan fingerprint density at radius 3 is 2.50 bits per heavy atom. The average molecular weight is 478 g/mol. The molecule has 172 valence electrons. The Bertz CT molecular complexity index is 1030. The van der Waals surface area contributed by atoms with Crippen LogP contribution in [0.4, 0.5) is 0 Å². The van der Waals surface area contributed by atoms with E-state index in [2.05, 4.69) is 10.6 Å². The fourth-order valence-electron chi connectivity index (χ4n) is 3.65. The molecule has 3 rings (SSSR count). The number of nitrogens with one attached hydrogen (secondary N) is 2. The summed E-state index contributed by atoms with van der Waals surface area (Å²) in [4.78, 5) is 25.3. The number of hydrogen-bond donors (Lipinski definition) is 2. The van der Waals surface area contributed by atoms with Gasteiger partial charge in [-0.3, -0.25) is 9.59 Å². The molecule has 2 aromatic rings. The Kier molecular flexibility index (Phi) is 8.28. The molecule has 1 saturated heterocycles. The van der Waals surface area contributed by atoms with Crippen molar-refractivity contribution in [3.05, 3.63) is 65.2 Å². The summed E-state index contributed by atoms with van der Waals surface area (Å²) in [6, 6.07) is 14.9. The molecule has 1 aliphatic heterocycles. The lowest BCUT2D eigenvalue weighted by Crippen LogP contribution is -2.50. The van der Waals surface area contributed by atoms with Gasteiger partial charge < -0.3 is 10.6 Å². The summed E-state index contributed by atoms with van der Waals surface area (Å²) < 4.78 is 27.1. The third kappa shape index (κ3) is 6.31. The molecule has 32 heavy (non-hydrogen) atoms. The summed E-state index contributed by atoms with van der Waals surface area (Å²) in [6.45, 7) is 2.54. The topological polar surface area (TPSA) is 95.6 Å². The van der Waals surface area contributed by atoms with Crippen molar-refractivity contribution in [1.29, 1.82) is 0 Å². The smallest absolute Gasteiger partial charge is 0.243 e. The van der Waals surface area contributed by atoms with Gasteiger partial charge in [-0.1, -0.05) is 41.9 Å². The number of carbonyl (C=O) groups excluding carboxylic acids is 2. The predicted octanol–water partition coefficient (Wildman–Crippen LogP) is 2.60. The highest BCUT2D eigenvalue weighted by Gasteiger charge is 2.34. The number of sulfonamides is 1. The quantitative estimate of drug-likeness (QED) is 0.611. The SMILES string of the molecule is C[C@@H](NC(=O)C1CCCN(S(=O)(=O)c2ccccc2)C1)C(=O)NCCc1ccc(Cl)cc1. The van der Waals surface area contributed by atoms with Gasteiger partial charge in [0.1, 0.15) is 6.04 Å². The average Bonchev–Trinajstić information content (AvgIpc) is 2.81. The third-order valence-corrected chi connectivity index (χ3v) is 7.65. The highest BCUT2D eigenvalue weighted by Crippen LogP contribution is 2.24. The third-order valence-electron chi connectivity index (χ3n) is 5.51. The largest absolute Gasteiger partial charge is 0.354 e. The minimum Gasteiger partial charge on any atom is -0.354 e. The van der Waals surface area contributed by atoms with E-state index in [9.17, 15) is 18.0 Å². The van der Waals surface area contributed by atoms with Crippen LogP contribution in [0.3, 0.4) is 0 Å². The molecule has 1 heterocycles. The lowest BCUT2D eigenvalue weighted by atomic mass is 9.98. The molecule has 0 bridgehead atoms. The molecule has 0 aliphatic carbocycles. The van der Waals surface area contributed by atoms with Crippen LogP contribution in [0, 0.1) is 5.92 Å². The summed E-state index contributed by atoms with van der Waals surface area (Å²) in [7, 11) is -3.65. The summed E-state index contributed by atoms with van der Waals surface area (Å²) in [5, 5.41) is 6.20. The van der Waals surface area contributed by atoms with Crippen LogP contribution in [-0.2, 0) is 26.0 Å². The van der Waals surface area contributed by atoms with Gasteiger partial charge >= 0.3 is 0 Å². The molecule has 1 aliphatic rings. The number of hydrogen-bond acceptors (Lipinski definition) is 4. The first-order chi connectivity index (χ1) is 15.3. The van der Waals surface area contributed by atoms with Crippen LogP contribution in [0.15, 0.2) is 59.5 Å². The molecule has 2 amide bonds. The summed E-state index contributed by atoms with van der Waals surface area (Å²) >= 11 is 5.87. The second-order valence-corrected chi connectivity index (χ2v) is 10.3. The molecule has 0 aromatic heterocycles. The van der Waals surface area contributed by atoms with E-state index in [4.69, 9.17) is 11.6 Å². The van der Waals surface area contributed by atoms with Crippen LogP contribution in [0.5, 0.6) is 0 Å². The van der Waals surface area contributed by atoms with Gasteiger partial charge in [-0.15, -0.1) is 0 Å². The number of piperidine rings is 1. The zero-order chi connectivity index (χ0) is 23.1. The molecule has 2 aromatic carbocycles. The van der Waals surface area contributed by atoms with Crippen LogP contribution in [0.25, 0.3) is 0 Å². The van der Waals surface area contributed by atoms with Crippen molar-refractivity contribution in [2.24, 2.45) is 5.92 Å². The van der Waals surface area contributed by atoms with Crippen molar-refractivity contribution in [1.82, 2.24) is 14.9 Å². The highest BCUT2D eigenvalue weighted by molar-refractivity contribution is 7.89. The molecule has 0 saturated carbocycles. The number of carbonyl (C=O) groups is 2. The van der Waals surface area contributed by atoms with E-state index in [0.717, 1.165) is 5.56 Å². The number of rotatable bonds is 8. The number of nitrogens with zero attached hydrogens (tertiary/aromatic N) is 1. The Morgan fingerprint density at radius 2 is 1.81 bits per heavy atom. The van der Waals surface area contributed by atoms with Gasteiger partial charge in [0, 0.05) is 24.7 Å². The van der Waals surface area contributed by atoms with E-state index in [1.165, 1.54) is 4.31 Å². The van der Waals surface area contributed by atoms with Crippen molar-refractivity contribution < 1.29 is 18.0 Å². The standard InChI is InChI=1S/C23H28ClN3O4S/c1-17(22(28)25-14-13-18-9-11-20(24)12-10-18)26-23(29)19-6-5-15-27(16-19)32(30,31)21-7-3-2-4-8-21/h2-4,7-12,17,19H,5-6,13-16H2,1H3,(H,25,28)(H,26,29)/t17-,19?/m1/s1. The van der Waals surface area contributed by atoms with Gasteiger partial charge in [-0.25, -0.2) is 8.42 Å². The second kappa shape index (κ2) is 10.9. The maximum atomic E-state index is 12.9. The fourth-order valence-corrected chi connectivity index (χ4v) is 5.32. The van der Waals surface area contributed by atoms with E-state index in [1.807, 2.05) is 12.1 Å². The second-order valence-electron chi connectivity index (χ2n) is 7.91. The van der Waals surface area contributed by atoms with Crippen molar-refractivity contribution in [2.45, 2.75) is 37.1 Å². The van der Waals surface area contributed by atoms with Crippen LogP contribution >= 0.6 is 11.6 Å². The van der Waals surface area contributed by atoms with E-state index in [-0.39, 0.29) is 23.3 Å². The van der Waals surface area contributed by atoms with Gasteiger partial charge in [-0.05, 0) is 56.0 Å². The van der Waals surface area contributed by atoms with Gasteiger partial charge in [0.05, 0.1) is 10.8 Å². The van der Waals surface area contributed by atoms with Crippen molar-refractivity contribution in [3.63, 3.8) is 0 Å². The van der Waals surface area contributed by atoms with Crippen LogP contribution in [0.1, 0.15) is 25.3 Å². The van der Waals surface area contributed by atoms with E-state index >= 15 is 0 Å². The van der Waals surface area contributed by atoms with Crippen LogP contribution < -0.4 is 10.6 Å². The molecule has 0 radical (unpaired) electrons. The lowest BCUT2D eigenvalue weighted by Gasteiger charge is -2.31. The number of halogens is 1. The summed E-state index contributed by atoms with van der Waals surface area (Å²) in [5.41, 5.74) is 1.05. The Morgan fingerprint density at radius 1 is 1.12 bits per heavy atom. The van der Waals surface area contributed by atoms with Crippen molar-refractivity contribution in [3.8, 4) is 0 Å². The monoisotopic (exact) mass is 477 g/mol. The first-order valence-corrected chi connectivity index (χ1v) is 12.5. The van der Waals surface area contributed by atoms with Gasteiger partial charge in [0.2, 0.25) is 21.8 Å². The first-order valence-electron chi connectivity index (χ1n) is 10.6. The minimum atomic E-state index is -3.65. The normalized spacial score (nSPS) is 18.0. The van der Waals surface area contributed by atoms with E-state index in [0.29, 0.717) is 37.4 Å². The summed E-state index contributed by atoms with van der Waals surface area (Å²) in [6.07, 6.45) is 1.82. The fraction of sp³-hybridized carbons (Fsp3) is 0.391. The lowest BCUT2D eigenvalue weighted by molar-refractivity contribution is -0.131. The first kappa shape index (κ1) is 24.2. The maximum Gasteiger partial charge on any atom is 0.243 e. The van der Waals surface area contributed by atoms with Crippen LogP contribution in [0.2, 0.25) is 5.02 Å². The maximum absolute atomic E-state index is 12.9. The van der Waals surface area contributed by atoms with Crippen molar-refractivity contribution >= 4 is 33.4 Å². The van der Waals surface area contributed by atoms with E-state index < -0.39 is 22.0 Å². The van der Waals surface area contributed by atoms with E-state index in [1.54, 1.807) is 49.4 Å². The van der Waals surface area contributed by atoms with Gasteiger partial charge in [0.25, 0.3) is 0 Å². The van der Waals surface area contributed by atoms with Crippen molar-refractivity contribution in [2.75, 3.05) is 19.6 Å². The molecule has 1 unspecified atom stereocenters. The molecule has 2 N–H and O–H groups in total. The van der Waals surface area contributed by atoms with Gasteiger partial charge in [0.15, 0.2) is 0 Å². The molecule has 2 atom stereocenters. The number of amides is 2. The number of benzene rings is 2. The molecular formula is C23H28ClN3O4S. The molecule has 0 spiro atoms. The molecule has 7 nitrogen and oxygen atoms in total. The zero-order valence-electron chi connectivity index (χ0n) is 18.0. The highest BCUT2D eigenvalue weighted by atomic mass is 35.5. The van der Waals surface area contributed by atoms with Gasteiger partial charge in [-0.2, -0.15) is 4.31 Å². The molecule has 1 fully saturated rings. The molecule has 9 heteroatoms. The predicted molar refractivity (Wildman–Crippen MR) is 124 cm³/mol. The van der Waals surface area contributed by atoms with Crippen LogP contribution in [-0.4, -0.2) is 50.2 Å².